The largest absolute Gasteiger partial charge is 0.487 e. The van der Waals surface area contributed by atoms with Crippen molar-refractivity contribution in [2.75, 3.05) is 4.90 Å². The Hall–Kier alpha value is -2.76. The van der Waals surface area contributed by atoms with Crippen molar-refractivity contribution in [3.8, 4) is 5.75 Å². The number of hydrogen-bond acceptors (Lipinski definition) is 4. The van der Waals surface area contributed by atoms with Gasteiger partial charge in [-0.3, -0.25) is 14.9 Å². The van der Waals surface area contributed by atoms with Gasteiger partial charge >= 0.3 is 6.03 Å². The minimum absolute atomic E-state index is 0.159. The molecule has 4 amide bonds. The summed E-state index contributed by atoms with van der Waals surface area (Å²) in [4.78, 5) is 38.7. The van der Waals surface area contributed by atoms with Gasteiger partial charge in [0.05, 0.1) is 13.7 Å². The molecule has 0 unspecified atom stereocenters. The molecule has 1 saturated heterocycles. The van der Waals surface area contributed by atoms with Crippen molar-refractivity contribution in [2.45, 2.75) is 6.61 Å². The standard InChI is InChI=1S/C24H14BrClFIN2O4/c25-19-10-14(11-20(28)21(19)34-12-13-2-1-3-16(27)8-13)9-18-22(31)29-24(33)30(23(18)32)17-6-4-15(26)5-7-17/h1-11H,12H2,(H,29,31,33)/b18-9+. The summed E-state index contributed by atoms with van der Waals surface area (Å²) < 4.78 is 20.5. The van der Waals surface area contributed by atoms with Gasteiger partial charge < -0.3 is 4.74 Å². The second-order valence-electron chi connectivity index (χ2n) is 7.17. The first-order valence-corrected chi connectivity index (χ1v) is 12.0. The Morgan fingerprint density at radius 3 is 2.50 bits per heavy atom. The minimum atomic E-state index is -0.841. The predicted molar refractivity (Wildman–Crippen MR) is 138 cm³/mol. The topological polar surface area (TPSA) is 75.7 Å². The van der Waals surface area contributed by atoms with E-state index < -0.39 is 17.8 Å². The van der Waals surface area contributed by atoms with E-state index in [2.05, 4.69) is 43.8 Å². The molecular formula is C24H14BrClFIN2O4. The summed E-state index contributed by atoms with van der Waals surface area (Å²) in [5, 5.41) is 2.63. The Balaban J connectivity index is 1.60. The van der Waals surface area contributed by atoms with Gasteiger partial charge in [-0.15, -0.1) is 0 Å². The summed E-state index contributed by atoms with van der Waals surface area (Å²) in [5.41, 5.74) is 1.29. The van der Waals surface area contributed by atoms with Crippen LogP contribution in [-0.4, -0.2) is 17.8 Å². The predicted octanol–water partition coefficient (Wildman–Crippen LogP) is 6.09. The van der Waals surface area contributed by atoms with E-state index in [1.807, 2.05) is 0 Å². The molecule has 0 atom stereocenters. The molecule has 4 rings (SSSR count). The summed E-state index contributed by atoms with van der Waals surface area (Å²) >= 11 is 11.4. The van der Waals surface area contributed by atoms with Crippen molar-refractivity contribution >= 4 is 79.7 Å². The third-order valence-electron chi connectivity index (χ3n) is 4.79. The van der Waals surface area contributed by atoms with Gasteiger partial charge in [0.15, 0.2) is 0 Å². The molecule has 34 heavy (non-hydrogen) atoms. The number of ether oxygens (including phenoxy) is 1. The monoisotopic (exact) mass is 654 g/mol. The number of nitrogens with zero attached hydrogens (tertiary/aromatic N) is 1. The lowest BCUT2D eigenvalue weighted by Crippen LogP contribution is -2.54. The van der Waals surface area contributed by atoms with Crippen LogP contribution in [0.5, 0.6) is 5.75 Å². The van der Waals surface area contributed by atoms with Crippen LogP contribution in [0.2, 0.25) is 5.02 Å². The highest BCUT2D eigenvalue weighted by atomic mass is 127. The normalized spacial score (nSPS) is 15.0. The molecule has 172 valence electrons. The molecule has 3 aromatic carbocycles. The van der Waals surface area contributed by atoms with E-state index in [0.29, 0.717) is 29.9 Å². The first kappa shape index (κ1) is 24.4. The van der Waals surface area contributed by atoms with Crippen LogP contribution in [0.1, 0.15) is 11.1 Å². The lowest BCUT2D eigenvalue weighted by Gasteiger charge is -2.26. The number of amides is 4. The van der Waals surface area contributed by atoms with Crippen LogP contribution >= 0.6 is 50.1 Å². The Bertz CT molecular complexity index is 1320. The highest BCUT2D eigenvalue weighted by Crippen LogP contribution is 2.34. The SMILES string of the molecule is O=C1NC(=O)N(c2ccc(Cl)cc2)C(=O)/C1=C/c1cc(Br)c(OCc2cccc(F)c2)c(I)c1. The van der Waals surface area contributed by atoms with Crippen molar-refractivity contribution in [3.63, 3.8) is 0 Å². The minimum Gasteiger partial charge on any atom is -0.487 e. The number of carbonyl (C=O) groups is 3. The molecular weight excluding hydrogens is 642 g/mol. The van der Waals surface area contributed by atoms with Crippen molar-refractivity contribution in [2.24, 2.45) is 0 Å². The van der Waals surface area contributed by atoms with E-state index in [-0.39, 0.29) is 23.7 Å². The molecule has 1 heterocycles. The average molecular weight is 656 g/mol. The van der Waals surface area contributed by atoms with E-state index >= 15 is 0 Å². The number of barbiturate groups is 1. The molecule has 0 radical (unpaired) electrons. The molecule has 0 bridgehead atoms. The Morgan fingerprint density at radius 2 is 1.82 bits per heavy atom. The summed E-state index contributed by atoms with van der Waals surface area (Å²) in [6.07, 6.45) is 1.40. The van der Waals surface area contributed by atoms with E-state index in [4.69, 9.17) is 16.3 Å². The van der Waals surface area contributed by atoms with Gasteiger partial charge in [-0.1, -0.05) is 23.7 Å². The maximum absolute atomic E-state index is 13.4. The molecule has 10 heteroatoms. The van der Waals surface area contributed by atoms with Crippen molar-refractivity contribution in [3.05, 3.63) is 96.2 Å². The van der Waals surface area contributed by atoms with Gasteiger partial charge in [-0.05, 0) is 104 Å². The summed E-state index contributed by atoms with van der Waals surface area (Å²) in [6.45, 7) is 0.159. The molecule has 1 N–H and O–H groups in total. The van der Waals surface area contributed by atoms with Crippen LogP contribution in [-0.2, 0) is 16.2 Å². The number of nitrogens with one attached hydrogen (secondary N) is 1. The van der Waals surface area contributed by atoms with Gasteiger partial charge in [0.1, 0.15) is 23.7 Å². The number of carbonyl (C=O) groups excluding carboxylic acids is 3. The highest BCUT2D eigenvalue weighted by molar-refractivity contribution is 14.1. The average Bonchev–Trinajstić information content (AvgIpc) is 2.77. The zero-order valence-corrected chi connectivity index (χ0v) is 21.6. The zero-order valence-electron chi connectivity index (χ0n) is 17.2. The number of imide groups is 2. The van der Waals surface area contributed by atoms with E-state index in [1.165, 1.54) is 30.3 Å². The molecule has 0 aliphatic carbocycles. The van der Waals surface area contributed by atoms with E-state index in [0.717, 1.165) is 4.90 Å². The van der Waals surface area contributed by atoms with E-state index in [1.54, 1.807) is 36.4 Å². The molecule has 6 nitrogen and oxygen atoms in total. The molecule has 0 spiro atoms. The van der Waals surface area contributed by atoms with Crippen LogP contribution in [0.3, 0.4) is 0 Å². The van der Waals surface area contributed by atoms with Crippen LogP contribution in [0.4, 0.5) is 14.9 Å². The zero-order chi connectivity index (χ0) is 24.4. The van der Waals surface area contributed by atoms with Crippen LogP contribution in [0, 0.1) is 9.39 Å². The smallest absolute Gasteiger partial charge is 0.335 e. The first-order valence-electron chi connectivity index (χ1n) is 9.76. The molecule has 0 saturated carbocycles. The summed E-state index contributed by atoms with van der Waals surface area (Å²) in [6, 6.07) is 14.8. The molecule has 1 fully saturated rings. The number of halogens is 4. The number of urea groups is 1. The fourth-order valence-electron chi connectivity index (χ4n) is 3.23. The third-order valence-corrected chi connectivity index (χ3v) is 6.43. The van der Waals surface area contributed by atoms with Gasteiger partial charge in [0.25, 0.3) is 11.8 Å². The lowest BCUT2D eigenvalue weighted by atomic mass is 10.1. The second kappa shape index (κ2) is 10.2. The molecule has 1 aliphatic rings. The molecule has 3 aromatic rings. The number of anilines is 1. The third kappa shape index (κ3) is 5.31. The van der Waals surface area contributed by atoms with Crippen LogP contribution in [0.15, 0.2) is 70.7 Å². The fourth-order valence-corrected chi connectivity index (χ4v) is 5.13. The number of hydrogen-bond donors (Lipinski definition) is 1. The lowest BCUT2D eigenvalue weighted by molar-refractivity contribution is -0.122. The van der Waals surface area contributed by atoms with Crippen LogP contribution < -0.4 is 15.0 Å². The molecule has 1 aliphatic heterocycles. The first-order chi connectivity index (χ1) is 16.2. The quantitative estimate of drug-likeness (QED) is 0.205. The van der Waals surface area contributed by atoms with Crippen LogP contribution in [0.25, 0.3) is 6.08 Å². The van der Waals surface area contributed by atoms with Gasteiger partial charge in [0, 0.05) is 5.02 Å². The Labute approximate surface area is 221 Å². The molecule has 0 aromatic heterocycles. The fraction of sp³-hybridized carbons (Fsp3) is 0.0417. The van der Waals surface area contributed by atoms with Gasteiger partial charge in [0.2, 0.25) is 0 Å². The number of rotatable bonds is 5. The highest BCUT2D eigenvalue weighted by Gasteiger charge is 2.36. The van der Waals surface area contributed by atoms with Crippen molar-refractivity contribution < 1.29 is 23.5 Å². The summed E-state index contributed by atoms with van der Waals surface area (Å²) in [7, 11) is 0. The second-order valence-corrected chi connectivity index (χ2v) is 9.62. The van der Waals surface area contributed by atoms with Crippen molar-refractivity contribution in [1.29, 1.82) is 0 Å². The Morgan fingerprint density at radius 1 is 1.09 bits per heavy atom. The van der Waals surface area contributed by atoms with Gasteiger partial charge in [-0.2, -0.15) is 0 Å². The van der Waals surface area contributed by atoms with Crippen molar-refractivity contribution in [1.82, 2.24) is 5.32 Å². The van der Waals surface area contributed by atoms with Gasteiger partial charge in [-0.25, -0.2) is 14.1 Å². The summed E-state index contributed by atoms with van der Waals surface area (Å²) in [5.74, 6) is -1.37. The maximum Gasteiger partial charge on any atom is 0.335 e. The maximum atomic E-state index is 13.4. The van der Waals surface area contributed by atoms with E-state index in [9.17, 15) is 18.8 Å². The Kier molecular flexibility index (Phi) is 7.34. The number of benzene rings is 3.